The zero-order valence-corrected chi connectivity index (χ0v) is 7.75. The van der Waals surface area contributed by atoms with Gasteiger partial charge in [0.15, 0.2) is 0 Å². The Balaban J connectivity index is 0. The van der Waals surface area contributed by atoms with Crippen LogP contribution in [0.4, 0.5) is 0 Å². The maximum atomic E-state index is 6.59. The summed E-state index contributed by atoms with van der Waals surface area (Å²) in [6, 6.07) is 0. The molecule has 0 saturated carbocycles. The van der Waals surface area contributed by atoms with Crippen LogP contribution in [0.1, 0.15) is 13.8 Å². The summed E-state index contributed by atoms with van der Waals surface area (Å²) in [5.74, 6) is 0.303. The minimum Gasteiger partial charge on any atom is -0.314 e. The van der Waals surface area contributed by atoms with Gasteiger partial charge in [-0.15, -0.1) is 0 Å². The molecular weight excluding hydrogens is 201 g/mol. The Morgan fingerprint density at radius 2 is 1.89 bits per heavy atom. The van der Waals surface area contributed by atoms with E-state index in [2.05, 4.69) is 4.85 Å². The van der Waals surface area contributed by atoms with Gasteiger partial charge in [-0.2, -0.15) is 0 Å². The van der Waals surface area contributed by atoms with E-state index in [-0.39, 0.29) is 26.3 Å². The molecule has 0 bridgehead atoms. The first-order chi connectivity index (χ1) is 3.72. The van der Waals surface area contributed by atoms with Crippen molar-refractivity contribution in [3.8, 4) is 0 Å². The molecule has 0 aromatic carbocycles. The van der Waals surface area contributed by atoms with E-state index in [1.807, 2.05) is 13.8 Å². The molecule has 0 aliphatic carbocycles. The van der Waals surface area contributed by atoms with Gasteiger partial charge < -0.3 is 4.74 Å². The van der Waals surface area contributed by atoms with E-state index in [0.717, 1.165) is 0 Å². The first kappa shape index (κ1) is 11.8. The van der Waals surface area contributed by atoms with Crippen LogP contribution in [0.2, 0.25) is 0 Å². The molecule has 1 atom stereocenters. The van der Waals surface area contributed by atoms with Crippen molar-refractivity contribution >= 4 is 0 Å². The molecule has 0 rings (SSSR count). The predicted molar refractivity (Wildman–Crippen MR) is 32.2 cm³/mol. The van der Waals surface area contributed by atoms with Crippen LogP contribution in [0.25, 0.3) is 4.85 Å². The molecule has 0 heterocycles. The second-order valence-electron chi connectivity index (χ2n) is 2.00. The molecule has 0 N–H and O–H groups in total. The molecule has 2 nitrogen and oxygen atoms in total. The van der Waals surface area contributed by atoms with Gasteiger partial charge in [0.05, 0.1) is 5.92 Å². The number of hydrogen-bond donors (Lipinski definition) is 0. The molecule has 3 heteroatoms. The van der Waals surface area contributed by atoms with Crippen LogP contribution in [0.3, 0.4) is 0 Å². The Hall–Kier alpha value is 0.0994. The zero-order chi connectivity index (χ0) is 6.57. The summed E-state index contributed by atoms with van der Waals surface area (Å²) < 4.78 is 4.81. The third kappa shape index (κ3) is 4.59. The Bertz CT molecular complexity index is 97.7. The van der Waals surface area contributed by atoms with Crippen LogP contribution in [0.5, 0.6) is 0 Å². The standard InChI is InChI=1S/C6H11NO.Tc/c1-5(2)6(7-3)8-4;/h5-6H,1-2,4H3;/i;1+1. The van der Waals surface area contributed by atoms with Crippen LogP contribution in [0, 0.1) is 12.5 Å². The average Bonchev–Trinajstić information content (AvgIpc) is 1.69. The monoisotopic (exact) mass is 212 g/mol. The summed E-state index contributed by atoms with van der Waals surface area (Å²) in [6.45, 7) is 10.5. The first-order valence-electron chi connectivity index (χ1n) is 2.61. The maximum Gasteiger partial charge on any atom is 0.329 e. The van der Waals surface area contributed by atoms with Gasteiger partial charge in [-0.25, -0.2) is 6.57 Å². The van der Waals surface area contributed by atoms with Gasteiger partial charge in [0, 0.05) is 27.2 Å². The second kappa shape index (κ2) is 6.22. The molecule has 0 fully saturated rings. The molecular formula is C6H11NOTc. The minimum absolute atomic E-state index is 0. The Labute approximate surface area is 69.8 Å². The molecule has 1 radical (unpaired) electrons. The molecule has 0 amide bonds. The fourth-order valence-electron chi connectivity index (χ4n) is 0.474. The largest absolute Gasteiger partial charge is 0.329 e. The summed E-state index contributed by atoms with van der Waals surface area (Å²) in [5.41, 5.74) is 0. The van der Waals surface area contributed by atoms with Crippen LogP contribution < -0.4 is 0 Å². The summed E-state index contributed by atoms with van der Waals surface area (Å²) >= 11 is 0. The summed E-state index contributed by atoms with van der Waals surface area (Å²) in [7, 11) is 1.56. The van der Waals surface area contributed by atoms with E-state index in [1.165, 1.54) is 0 Å². The molecule has 9 heavy (non-hydrogen) atoms. The van der Waals surface area contributed by atoms with Crippen molar-refractivity contribution in [1.82, 2.24) is 0 Å². The quantitative estimate of drug-likeness (QED) is 0.633. The van der Waals surface area contributed by atoms with Crippen molar-refractivity contribution in [3.63, 3.8) is 0 Å². The molecule has 0 aromatic heterocycles. The smallest absolute Gasteiger partial charge is 0.314 e. The number of ether oxygens (including phenoxy) is 1. The molecule has 0 saturated heterocycles. The van der Waals surface area contributed by atoms with Crippen LogP contribution in [0.15, 0.2) is 0 Å². The number of hydrogen-bond acceptors (Lipinski definition) is 1. The van der Waals surface area contributed by atoms with Crippen molar-refractivity contribution in [2.45, 2.75) is 20.1 Å². The molecule has 0 spiro atoms. The SMILES string of the molecule is [99Tc].[C-]#[N+]C(OC)C(C)C. The van der Waals surface area contributed by atoms with Crippen molar-refractivity contribution < 1.29 is 24.8 Å². The van der Waals surface area contributed by atoms with E-state index >= 15 is 0 Å². The van der Waals surface area contributed by atoms with Crippen molar-refractivity contribution in [1.29, 1.82) is 0 Å². The normalized spacial score (nSPS) is 11.9. The summed E-state index contributed by atoms with van der Waals surface area (Å²) in [4.78, 5) is 3.23. The van der Waals surface area contributed by atoms with E-state index < -0.39 is 0 Å². The van der Waals surface area contributed by atoms with Crippen molar-refractivity contribution in [2.75, 3.05) is 7.11 Å². The topological polar surface area (TPSA) is 13.6 Å². The van der Waals surface area contributed by atoms with Crippen LogP contribution in [-0.2, 0) is 24.8 Å². The number of methoxy groups -OCH3 is 1. The average molecular weight is 212 g/mol. The molecule has 0 aromatic rings. The maximum absolute atomic E-state index is 6.59. The van der Waals surface area contributed by atoms with E-state index in [0.29, 0.717) is 5.92 Å². The van der Waals surface area contributed by atoms with Crippen molar-refractivity contribution in [2.24, 2.45) is 5.92 Å². The minimum atomic E-state index is -0.255. The second-order valence-corrected chi connectivity index (χ2v) is 2.00. The Morgan fingerprint density at radius 1 is 1.44 bits per heavy atom. The van der Waals surface area contributed by atoms with Gasteiger partial charge in [-0.05, 0) is 0 Å². The molecule has 0 aliphatic rings. The molecule has 1 unspecified atom stereocenters. The van der Waals surface area contributed by atoms with Crippen molar-refractivity contribution in [3.05, 3.63) is 11.4 Å². The zero-order valence-electron chi connectivity index (χ0n) is 5.89. The van der Waals surface area contributed by atoms with Gasteiger partial charge in [-0.1, -0.05) is 13.8 Å². The first-order valence-corrected chi connectivity index (χ1v) is 2.61. The predicted octanol–water partition coefficient (Wildman–Crippen LogP) is 1.53. The van der Waals surface area contributed by atoms with Crippen LogP contribution in [-0.4, -0.2) is 13.3 Å². The van der Waals surface area contributed by atoms with Gasteiger partial charge in [-0.3, -0.25) is 4.85 Å². The van der Waals surface area contributed by atoms with E-state index in [9.17, 15) is 0 Å². The third-order valence-electron chi connectivity index (χ3n) is 0.939. The van der Waals surface area contributed by atoms with Gasteiger partial charge in [0.2, 0.25) is 0 Å². The molecule has 53 valence electrons. The van der Waals surface area contributed by atoms with Gasteiger partial charge >= 0.3 is 6.23 Å². The number of nitrogens with zero attached hydrogens (tertiary/aromatic N) is 1. The third-order valence-corrected chi connectivity index (χ3v) is 0.939. The van der Waals surface area contributed by atoms with Gasteiger partial charge in [0.1, 0.15) is 0 Å². The summed E-state index contributed by atoms with van der Waals surface area (Å²) in [6.07, 6.45) is -0.255. The Kier molecular flexibility index (Phi) is 8.19. The number of rotatable bonds is 2. The van der Waals surface area contributed by atoms with Gasteiger partial charge in [0.25, 0.3) is 0 Å². The molecule has 0 aliphatic heterocycles. The fourth-order valence-corrected chi connectivity index (χ4v) is 0.474. The van der Waals surface area contributed by atoms with Crippen LogP contribution >= 0.6 is 0 Å². The van der Waals surface area contributed by atoms with E-state index in [1.54, 1.807) is 7.11 Å². The fraction of sp³-hybridized carbons (Fsp3) is 0.833. The Morgan fingerprint density at radius 3 is 1.89 bits per heavy atom. The summed E-state index contributed by atoms with van der Waals surface area (Å²) in [5, 5.41) is 0. The van der Waals surface area contributed by atoms with E-state index in [4.69, 9.17) is 11.3 Å².